The van der Waals surface area contributed by atoms with Crippen molar-refractivity contribution in [3.05, 3.63) is 17.7 Å². The van der Waals surface area contributed by atoms with E-state index >= 15 is 0 Å². The van der Waals surface area contributed by atoms with Crippen molar-refractivity contribution < 1.29 is 0 Å². The Balaban J connectivity index is 2.63. The SMILES string of the molecule is C#CCn1c(C(C)C)nc(-c2cn(C)nc2CC)c1N. The number of rotatable bonds is 4. The molecular weight excluding hydrogens is 250 g/mol. The first-order chi connectivity index (χ1) is 9.49. The Morgan fingerprint density at radius 3 is 2.70 bits per heavy atom. The van der Waals surface area contributed by atoms with Crippen LogP contribution in [-0.2, 0) is 20.0 Å². The third kappa shape index (κ3) is 2.29. The van der Waals surface area contributed by atoms with Gasteiger partial charge in [-0.1, -0.05) is 26.7 Å². The Labute approximate surface area is 119 Å². The van der Waals surface area contributed by atoms with Crippen molar-refractivity contribution in [2.45, 2.75) is 39.7 Å². The summed E-state index contributed by atoms with van der Waals surface area (Å²) in [5.74, 6) is 4.44. The molecule has 0 saturated heterocycles. The second-order valence-corrected chi connectivity index (χ2v) is 5.17. The van der Waals surface area contributed by atoms with Gasteiger partial charge in [-0.3, -0.25) is 4.68 Å². The van der Waals surface area contributed by atoms with E-state index in [0.29, 0.717) is 12.4 Å². The molecule has 0 atom stereocenters. The Hall–Kier alpha value is -2.22. The summed E-state index contributed by atoms with van der Waals surface area (Å²) < 4.78 is 3.70. The zero-order valence-corrected chi connectivity index (χ0v) is 12.5. The lowest BCUT2D eigenvalue weighted by Gasteiger charge is -2.08. The molecular formula is C15H21N5. The van der Waals surface area contributed by atoms with Gasteiger partial charge in [0.25, 0.3) is 0 Å². The molecule has 20 heavy (non-hydrogen) atoms. The average Bonchev–Trinajstić information content (AvgIpc) is 2.92. The topological polar surface area (TPSA) is 61.7 Å². The lowest BCUT2D eigenvalue weighted by Crippen LogP contribution is -2.07. The van der Waals surface area contributed by atoms with Gasteiger partial charge in [0.05, 0.1) is 12.2 Å². The number of aryl methyl sites for hydroxylation is 2. The third-order valence-corrected chi connectivity index (χ3v) is 3.30. The van der Waals surface area contributed by atoms with Gasteiger partial charge in [0.15, 0.2) is 0 Å². The van der Waals surface area contributed by atoms with Crippen molar-refractivity contribution in [3.63, 3.8) is 0 Å². The number of hydrogen-bond donors (Lipinski definition) is 1. The second kappa shape index (κ2) is 5.41. The number of imidazole rings is 1. The van der Waals surface area contributed by atoms with Gasteiger partial charge >= 0.3 is 0 Å². The van der Waals surface area contributed by atoms with Crippen LogP contribution in [0.4, 0.5) is 5.82 Å². The number of terminal acetylenes is 1. The average molecular weight is 271 g/mol. The zero-order valence-electron chi connectivity index (χ0n) is 12.5. The normalized spacial score (nSPS) is 11.0. The van der Waals surface area contributed by atoms with Crippen LogP contribution in [0, 0.1) is 12.3 Å². The summed E-state index contributed by atoms with van der Waals surface area (Å²) in [5.41, 5.74) is 9.04. The van der Waals surface area contributed by atoms with E-state index in [1.807, 2.05) is 17.8 Å². The molecule has 0 aliphatic rings. The maximum atomic E-state index is 6.26. The van der Waals surface area contributed by atoms with Crippen molar-refractivity contribution in [3.8, 4) is 23.6 Å². The smallest absolute Gasteiger partial charge is 0.132 e. The fraction of sp³-hybridized carbons (Fsp3) is 0.467. The Morgan fingerprint density at radius 1 is 1.45 bits per heavy atom. The summed E-state index contributed by atoms with van der Waals surface area (Å²) >= 11 is 0. The molecule has 0 radical (unpaired) electrons. The van der Waals surface area contributed by atoms with Crippen LogP contribution in [0.15, 0.2) is 6.20 Å². The quantitative estimate of drug-likeness (QED) is 0.867. The van der Waals surface area contributed by atoms with Crippen LogP contribution >= 0.6 is 0 Å². The van der Waals surface area contributed by atoms with Crippen LogP contribution in [0.25, 0.3) is 11.3 Å². The molecule has 0 amide bonds. The molecule has 0 spiro atoms. The molecule has 0 aromatic carbocycles. The number of nitrogens with two attached hydrogens (primary N) is 1. The van der Waals surface area contributed by atoms with Gasteiger partial charge in [-0.2, -0.15) is 5.10 Å². The summed E-state index contributed by atoms with van der Waals surface area (Å²) in [4.78, 5) is 4.71. The summed E-state index contributed by atoms with van der Waals surface area (Å²) in [7, 11) is 1.90. The van der Waals surface area contributed by atoms with Crippen molar-refractivity contribution in [2.75, 3.05) is 5.73 Å². The molecule has 106 valence electrons. The molecule has 2 aromatic heterocycles. The first-order valence-corrected chi connectivity index (χ1v) is 6.81. The van der Waals surface area contributed by atoms with E-state index in [0.717, 1.165) is 29.2 Å². The van der Waals surface area contributed by atoms with Gasteiger partial charge in [0.1, 0.15) is 17.3 Å². The lowest BCUT2D eigenvalue weighted by molar-refractivity contribution is 0.691. The lowest BCUT2D eigenvalue weighted by atomic mass is 10.1. The Morgan fingerprint density at radius 2 is 2.15 bits per heavy atom. The molecule has 5 nitrogen and oxygen atoms in total. The number of aromatic nitrogens is 4. The van der Waals surface area contributed by atoms with Gasteiger partial charge in [-0.15, -0.1) is 6.42 Å². The number of nitrogens with zero attached hydrogens (tertiary/aromatic N) is 4. The maximum Gasteiger partial charge on any atom is 0.132 e. The predicted molar refractivity (Wildman–Crippen MR) is 81.1 cm³/mol. The van der Waals surface area contributed by atoms with Crippen molar-refractivity contribution >= 4 is 5.82 Å². The number of anilines is 1. The van der Waals surface area contributed by atoms with Gasteiger partial charge in [-0.05, 0) is 6.42 Å². The molecule has 2 heterocycles. The summed E-state index contributed by atoms with van der Waals surface area (Å²) in [5, 5.41) is 4.45. The number of nitrogen functional groups attached to an aromatic ring is 1. The van der Waals surface area contributed by atoms with Crippen LogP contribution in [0.2, 0.25) is 0 Å². The van der Waals surface area contributed by atoms with Gasteiger partial charge in [0, 0.05) is 24.7 Å². The highest BCUT2D eigenvalue weighted by atomic mass is 15.3. The van der Waals surface area contributed by atoms with Gasteiger partial charge < -0.3 is 10.3 Å². The van der Waals surface area contributed by atoms with E-state index in [1.165, 1.54) is 0 Å². The monoisotopic (exact) mass is 271 g/mol. The van der Waals surface area contributed by atoms with Crippen LogP contribution in [-0.4, -0.2) is 19.3 Å². The predicted octanol–water partition coefficient (Wildman–Crippen LogP) is 2.18. The summed E-state index contributed by atoms with van der Waals surface area (Å²) in [6, 6.07) is 0. The fourth-order valence-electron chi connectivity index (χ4n) is 2.37. The molecule has 0 bridgehead atoms. The minimum atomic E-state index is 0.265. The van der Waals surface area contributed by atoms with Crippen molar-refractivity contribution in [1.29, 1.82) is 0 Å². The molecule has 0 unspecified atom stereocenters. The standard InChI is InChI=1S/C15H21N5/c1-6-8-20-14(16)13(17-15(20)10(3)4)11-9-19(5)18-12(11)7-2/h1,9-10H,7-8,16H2,2-5H3. The highest BCUT2D eigenvalue weighted by Gasteiger charge is 2.21. The molecule has 0 saturated carbocycles. The third-order valence-electron chi connectivity index (χ3n) is 3.30. The fourth-order valence-corrected chi connectivity index (χ4v) is 2.37. The number of hydrogen-bond acceptors (Lipinski definition) is 3. The first-order valence-electron chi connectivity index (χ1n) is 6.81. The molecule has 2 aromatic rings. The van der Waals surface area contributed by atoms with Gasteiger partial charge in [-0.25, -0.2) is 4.98 Å². The van der Waals surface area contributed by atoms with E-state index in [9.17, 15) is 0 Å². The maximum absolute atomic E-state index is 6.26. The molecule has 0 aliphatic carbocycles. The Kier molecular flexibility index (Phi) is 3.84. The second-order valence-electron chi connectivity index (χ2n) is 5.17. The van der Waals surface area contributed by atoms with E-state index < -0.39 is 0 Å². The largest absolute Gasteiger partial charge is 0.383 e. The Bertz CT molecular complexity index is 655. The molecule has 2 rings (SSSR count). The van der Waals surface area contributed by atoms with E-state index in [-0.39, 0.29) is 5.92 Å². The van der Waals surface area contributed by atoms with E-state index in [2.05, 4.69) is 31.8 Å². The highest BCUT2D eigenvalue weighted by Crippen LogP contribution is 2.31. The summed E-state index contributed by atoms with van der Waals surface area (Å²) in [6.07, 6.45) is 8.24. The zero-order chi connectivity index (χ0) is 14.9. The molecule has 2 N–H and O–H groups in total. The van der Waals surface area contributed by atoms with Crippen LogP contribution in [0.1, 0.15) is 38.2 Å². The minimum Gasteiger partial charge on any atom is -0.383 e. The van der Waals surface area contributed by atoms with E-state index in [4.69, 9.17) is 17.1 Å². The minimum absolute atomic E-state index is 0.265. The highest BCUT2D eigenvalue weighted by molar-refractivity contribution is 5.72. The first kappa shape index (κ1) is 14.2. The van der Waals surface area contributed by atoms with Crippen molar-refractivity contribution in [1.82, 2.24) is 19.3 Å². The molecule has 0 fully saturated rings. The van der Waals surface area contributed by atoms with Crippen LogP contribution in [0.3, 0.4) is 0 Å². The van der Waals surface area contributed by atoms with Crippen LogP contribution in [0.5, 0.6) is 0 Å². The van der Waals surface area contributed by atoms with Crippen LogP contribution < -0.4 is 5.73 Å². The van der Waals surface area contributed by atoms with Crippen molar-refractivity contribution in [2.24, 2.45) is 7.05 Å². The molecule has 5 heteroatoms. The summed E-state index contributed by atoms with van der Waals surface area (Å²) in [6.45, 7) is 6.68. The molecule has 0 aliphatic heterocycles. The van der Waals surface area contributed by atoms with Gasteiger partial charge in [0.2, 0.25) is 0 Å². The van der Waals surface area contributed by atoms with E-state index in [1.54, 1.807) is 4.68 Å².